The maximum atomic E-state index is 2.38. The van der Waals surface area contributed by atoms with Crippen LogP contribution in [0.3, 0.4) is 0 Å². The minimum Gasteiger partial charge on any atom is -0.309 e. The first-order valence-corrected chi connectivity index (χ1v) is 14.1. The van der Waals surface area contributed by atoms with E-state index in [1.54, 1.807) is 0 Å². The summed E-state index contributed by atoms with van der Waals surface area (Å²) in [5.74, 6) is 0. The standard InChI is InChI=1S/C34H21NS2/c1-3-12-24(13-4-1)35(25-14-5-2-6-15-25)29-17-9-16-27-32-30(36-33(27)29)19-18-26-28-20-22-10-7-8-11-23(22)21-31(28)37-34(26)32/h1-21H. The Labute approximate surface area is 222 Å². The molecule has 0 aliphatic carbocycles. The van der Waals surface area contributed by atoms with Crippen molar-refractivity contribution in [1.82, 2.24) is 0 Å². The van der Waals surface area contributed by atoms with Crippen molar-refractivity contribution in [3.05, 3.63) is 127 Å². The second-order valence-electron chi connectivity index (χ2n) is 9.38. The molecule has 0 saturated heterocycles. The number of hydrogen-bond acceptors (Lipinski definition) is 3. The number of para-hydroxylation sites is 2. The summed E-state index contributed by atoms with van der Waals surface area (Å²) in [5.41, 5.74) is 3.55. The Morgan fingerprint density at radius 2 is 1.08 bits per heavy atom. The highest BCUT2D eigenvalue weighted by atomic mass is 32.1. The first-order valence-electron chi connectivity index (χ1n) is 12.4. The fraction of sp³-hybridized carbons (Fsp3) is 0. The summed E-state index contributed by atoms with van der Waals surface area (Å²) in [6.07, 6.45) is 0. The molecule has 0 unspecified atom stereocenters. The number of fused-ring (bicyclic) bond motifs is 8. The fourth-order valence-corrected chi connectivity index (χ4v) is 8.12. The van der Waals surface area contributed by atoms with E-state index in [1.165, 1.54) is 56.8 Å². The number of nitrogens with zero attached hydrogens (tertiary/aromatic N) is 1. The Bertz CT molecular complexity index is 2050. The van der Waals surface area contributed by atoms with Gasteiger partial charge in [0.15, 0.2) is 0 Å². The third kappa shape index (κ3) is 3.21. The molecule has 0 fully saturated rings. The molecule has 0 amide bonds. The number of anilines is 3. The third-order valence-corrected chi connectivity index (χ3v) is 9.59. The van der Waals surface area contributed by atoms with Crippen LogP contribution in [-0.4, -0.2) is 0 Å². The van der Waals surface area contributed by atoms with Crippen LogP contribution in [0, 0.1) is 0 Å². The number of thiophene rings is 2. The maximum absolute atomic E-state index is 2.38. The van der Waals surface area contributed by atoms with Crippen LogP contribution < -0.4 is 4.90 Å². The minimum atomic E-state index is 1.16. The van der Waals surface area contributed by atoms with Gasteiger partial charge in [0, 0.05) is 47.0 Å². The largest absolute Gasteiger partial charge is 0.309 e. The number of rotatable bonds is 3. The Kier molecular flexibility index (Phi) is 4.63. The Morgan fingerprint density at radius 1 is 0.432 bits per heavy atom. The van der Waals surface area contributed by atoms with E-state index in [4.69, 9.17) is 0 Å². The van der Waals surface area contributed by atoms with Gasteiger partial charge in [0.05, 0.1) is 10.4 Å². The van der Waals surface area contributed by atoms with Crippen molar-refractivity contribution in [2.24, 2.45) is 0 Å². The van der Waals surface area contributed by atoms with Gasteiger partial charge in [0.25, 0.3) is 0 Å². The van der Waals surface area contributed by atoms with Gasteiger partial charge in [-0.1, -0.05) is 78.9 Å². The molecule has 1 nitrogen and oxygen atoms in total. The van der Waals surface area contributed by atoms with E-state index in [-0.39, 0.29) is 0 Å². The molecule has 6 aromatic carbocycles. The van der Waals surface area contributed by atoms with Crippen LogP contribution in [0.25, 0.3) is 51.1 Å². The molecule has 8 rings (SSSR count). The molecule has 0 aliphatic heterocycles. The van der Waals surface area contributed by atoms with E-state index in [9.17, 15) is 0 Å². The lowest BCUT2D eigenvalue weighted by Crippen LogP contribution is -2.09. The number of hydrogen-bond donors (Lipinski definition) is 0. The molecule has 8 aromatic rings. The predicted octanol–water partition coefficient (Wildman–Crippen LogP) is 11.0. The average Bonchev–Trinajstić information content (AvgIpc) is 3.51. The third-order valence-electron chi connectivity index (χ3n) is 7.21. The van der Waals surface area contributed by atoms with Crippen LogP contribution in [0.1, 0.15) is 0 Å². The zero-order valence-corrected chi connectivity index (χ0v) is 21.5. The first kappa shape index (κ1) is 21.0. The van der Waals surface area contributed by atoms with Crippen molar-refractivity contribution < 1.29 is 0 Å². The van der Waals surface area contributed by atoms with Crippen molar-refractivity contribution in [2.45, 2.75) is 0 Å². The van der Waals surface area contributed by atoms with Gasteiger partial charge in [0.1, 0.15) is 0 Å². The molecule has 0 spiro atoms. The van der Waals surface area contributed by atoms with Crippen molar-refractivity contribution in [3.63, 3.8) is 0 Å². The van der Waals surface area contributed by atoms with E-state index in [0.717, 1.165) is 11.4 Å². The van der Waals surface area contributed by atoms with Crippen LogP contribution in [0.2, 0.25) is 0 Å². The molecule has 0 atom stereocenters. The molecule has 0 N–H and O–H groups in total. The predicted molar refractivity (Wildman–Crippen MR) is 164 cm³/mol. The fourth-order valence-electron chi connectivity index (χ4n) is 5.54. The molecule has 3 heteroatoms. The lowest BCUT2D eigenvalue weighted by Gasteiger charge is -2.25. The van der Waals surface area contributed by atoms with Gasteiger partial charge < -0.3 is 4.90 Å². The molecule has 0 radical (unpaired) electrons. The summed E-state index contributed by atoms with van der Waals surface area (Å²) in [6, 6.07) is 46.2. The van der Waals surface area contributed by atoms with Gasteiger partial charge in [-0.2, -0.15) is 0 Å². The molecular formula is C34H21NS2. The van der Waals surface area contributed by atoms with Crippen molar-refractivity contribution >= 4 is 90.9 Å². The lowest BCUT2D eigenvalue weighted by molar-refractivity contribution is 1.30. The maximum Gasteiger partial charge on any atom is 0.0640 e. The molecule has 0 saturated carbocycles. The van der Waals surface area contributed by atoms with E-state index in [2.05, 4.69) is 132 Å². The molecular weight excluding hydrogens is 487 g/mol. The topological polar surface area (TPSA) is 3.24 Å². The van der Waals surface area contributed by atoms with Gasteiger partial charge in [-0.3, -0.25) is 0 Å². The highest BCUT2D eigenvalue weighted by molar-refractivity contribution is 7.30. The Balaban J connectivity index is 1.44. The molecule has 174 valence electrons. The summed E-state index contributed by atoms with van der Waals surface area (Å²) in [7, 11) is 0. The van der Waals surface area contributed by atoms with Crippen LogP contribution in [0.4, 0.5) is 17.1 Å². The Hall–Kier alpha value is -4.18. The zero-order valence-electron chi connectivity index (χ0n) is 19.9. The smallest absolute Gasteiger partial charge is 0.0640 e. The lowest BCUT2D eigenvalue weighted by atomic mass is 10.0. The quantitative estimate of drug-likeness (QED) is 0.230. The highest BCUT2D eigenvalue weighted by Gasteiger charge is 2.19. The normalized spacial score (nSPS) is 11.8. The molecule has 0 bridgehead atoms. The van der Waals surface area contributed by atoms with Crippen LogP contribution in [0.15, 0.2) is 127 Å². The second-order valence-corrected chi connectivity index (χ2v) is 11.5. The molecule has 2 aromatic heterocycles. The van der Waals surface area contributed by atoms with Crippen molar-refractivity contribution in [3.8, 4) is 0 Å². The number of benzene rings is 6. The molecule has 2 heterocycles. The summed E-state index contributed by atoms with van der Waals surface area (Å²) in [6.45, 7) is 0. The molecule has 37 heavy (non-hydrogen) atoms. The Morgan fingerprint density at radius 3 is 1.81 bits per heavy atom. The van der Waals surface area contributed by atoms with Crippen LogP contribution in [-0.2, 0) is 0 Å². The van der Waals surface area contributed by atoms with Gasteiger partial charge in [-0.25, -0.2) is 0 Å². The van der Waals surface area contributed by atoms with E-state index in [1.807, 2.05) is 22.7 Å². The van der Waals surface area contributed by atoms with Gasteiger partial charge in [-0.05, 0) is 59.3 Å². The summed E-state index contributed by atoms with van der Waals surface area (Å²) < 4.78 is 5.40. The van der Waals surface area contributed by atoms with E-state index >= 15 is 0 Å². The average molecular weight is 508 g/mol. The SMILES string of the molecule is c1ccc(N(c2ccccc2)c2cccc3c2sc2ccc4c5cc6ccccc6cc5sc4c23)cc1. The van der Waals surface area contributed by atoms with E-state index < -0.39 is 0 Å². The summed E-state index contributed by atoms with van der Waals surface area (Å²) in [5, 5.41) is 8.02. The van der Waals surface area contributed by atoms with Gasteiger partial charge >= 0.3 is 0 Å². The molecule has 0 aliphatic rings. The monoisotopic (exact) mass is 507 g/mol. The van der Waals surface area contributed by atoms with Crippen molar-refractivity contribution in [2.75, 3.05) is 4.90 Å². The first-order chi connectivity index (χ1) is 18.3. The van der Waals surface area contributed by atoms with Crippen molar-refractivity contribution in [1.29, 1.82) is 0 Å². The second kappa shape index (κ2) is 8.17. The zero-order chi connectivity index (χ0) is 24.3. The van der Waals surface area contributed by atoms with E-state index in [0.29, 0.717) is 0 Å². The van der Waals surface area contributed by atoms with Crippen LogP contribution >= 0.6 is 22.7 Å². The van der Waals surface area contributed by atoms with Crippen LogP contribution in [0.5, 0.6) is 0 Å². The van der Waals surface area contributed by atoms with Gasteiger partial charge in [0.2, 0.25) is 0 Å². The summed E-state index contributed by atoms with van der Waals surface area (Å²) >= 11 is 3.82. The van der Waals surface area contributed by atoms with Gasteiger partial charge in [-0.15, -0.1) is 22.7 Å². The minimum absolute atomic E-state index is 1.16. The summed E-state index contributed by atoms with van der Waals surface area (Å²) in [4.78, 5) is 2.38. The highest BCUT2D eigenvalue weighted by Crippen LogP contribution is 2.49.